The molecule has 1 aromatic rings. The van der Waals surface area contributed by atoms with Crippen LogP contribution < -0.4 is 0 Å². The third-order valence-corrected chi connectivity index (χ3v) is 2.43. The molecule has 0 aliphatic carbocycles. The normalized spacial score (nSPS) is 12.0. The quantitative estimate of drug-likeness (QED) is 0.703. The van der Waals surface area contributed by atoms with Crippen LogP contribution in [0.25, 0.3) is 0 Å². The van der Waals surface area contributed by atoms with Gasteiger partial charge in [0.05, 0.1) is 19.6 Å². The standard InChI is InChI=1S/C14H18O3/c1-2-6-13(9-14(15)16)11-17-10-12-7-4-3-5-8-12/h2-5,7-8,13H,1,6,9-11H2,(H,15,16). The van der Waals surface area contributed by atoms with E-state index in [0.29, 0.717) is 19.6 Å². The molecule has 0 amide bonds. The molecule has 17 heavy (non-hydrogen) atoms. The summed E-state index contributed by atoms with van der Waals surface area (Å²) in [5.41, 5.74) is 1.10. The molecule has 0 aliphatic heterocycles. The number of hydrogen-bond acceptors (Lipinski definition) is 2. The molecule has 0 spiro atoms. The molecule has 0 saturated carbocycles. The topological polar surface area (TPSA) is 46.5 Å². The highest BCUT2D eigenvalue weighted by molar-refractivity contribution is 5.67. The van der Waals surface area contributed by atoms with Gasteiger partial charge in [-0.15, -0.1) is 6.58 Å². The second-order valence-corrected chi connectivity index (χ2v) is 3.99. The smallest absolute Gasteiger partial charge is 0.303 e. The molecule has 1 rings (SSSR count). The van der Waals surface area contributed by atoms with Gasteiger partial charge in [-0.05, 0) is 17.9 Å². The number of carboxylic acid groups (broad SMARTS) is 1. The fourth-order valence-electron chi connectivity index (χ4n) is 1.61. The number of ether oxygens (including phenoxy) is 1. The van der Waals surface area contributed by atoms with Gasteiger partial charge in [0, 0.05) is 0 Å². The number of carboxylic acids is 1. The summed E-state index contributed by atoms with van der Waals surface area (Å²) >= 11 is 0. The van der Waals surface area contributed by atoms with Gasteiger partial charge in [0.25, 0.3) is 0 Å². The number of hydrogen-bond donors (Lipinski definition) is 1. The van der Waals surface area contributed by atoms with E-state index in [1.807, 2.05) is 30.3 Å². The van der Waals surface area contributed by atoms with Crippen molar-refractivity contribution in [2.75, 3.05) is 6.61 Å². The fourth-order valence-corrected chi connectivity index (χ4v) is 1.61. The number of carbonyl (C=O) groups is 1. The highest BCUT2D eigenvalue weighted by atomic mass is 16.5. The Balaban J connectivity index is 2.31. The van der Waals surface area contributed by atoms with Crippen molar-refractivity contribution >= 4 is 5.97 Å². The van der Waals surface area contributed by atoms with E-state index in [-0.39, 0.29) is 12.3 Å². The van der Waals surface area contributed by atoms with Crippen LogP contribution in [0.2, 0.25) is 0 Å². The van der Waals surface area contributed by atoms with Crippen LogP contribution in [0, 0.1) is 5.92 Å². The molecular formula is C14H18O3. The SMILES string of the molecule is C=CCC(COCc1ccccc1)CC(=O)O. The van der Waals surface area contributed by atoms with Crippen molar-refractivity contribution in [3.05, 3.63) is 48.6 Å². The largest absolute Gasteiger partial charge is 0.481 e. The van der Waals surface area contributed by atoms with Crippen LogP contribution in [0.15, 0.2) is 43.0 Å². The molecule has 0 aromatic heterocycles. The lowest BCUT2D eigenvalue weighted by Gasteiger charge is -2.13. The van der Waals surface area contributed by atoms with Crippen molar-refractivity contribution in [3.63, 3.8) is 0 Å². The molecule has 1 unspecified atom stereocenters. The van der Waals surface area contributed by atoms with Crippen molar-refractivity contribution in [1.82, 2.24) is 0 Å². The van der Waals surface area contributed by atoms with Crippen LogP contribution >= 0.6 is 0 Å². The van der Waals surface area contributed by atoms with Crippen molar-refractivity contribution in [3.8, 4) is 0 Å². The number of allylic oxidation sites excluding steroid dienone is 1. The van der Waals surface area contributed by atoms with Crippen LogP contribution in [0.3, 0.4) is 0 Å². The van der Waals surface area contributed by atoms with E-state index in [1.165, 1.54) is 0 Å². The Kier molecular flexibility index (Phi) is 6.04. The molecule has 92 valence electrons. The predicted molar refractivity (Wildman–Crippen MR) is 66.7 cm³/mol. The third-order valence-electron chi connectivity index (χ3n) is 2.43. The zero-order chi connectivity index (χ0) is 12.5. The van der Waals surface area contributed by atoms with Gasteiger partial charge in [0.15, 0.2) is 0 Å². The summed E-state index contributed by atoms with van der Waals surface area (Å²) < 4.78 is 5.52. The van der Waals surface area contributed by atoms with Gasteiger partial charge in [-0.1, -0.05) is 36.4 Å². The number of benzene rings is 1. The minimum Gasteiger partial charge on any atom is -0.481 e. The molecule has 1 atom stereocenters. The molecule has 3 nitrogen and oxygen atoms in total. The average Bonchev–Trinajstić information content (AvgIpc) is 2.30. The minimum atomic E-state index is -0.792. The Morgan fingerprint density at radius 3 is 2.71 bits per heavy atom. The first-order valence-corrected chi connectivity index (χ1v) is 5.66. The Bertz CT molecular complexity index is 346. The Labute approximate surface area is 102 Å². The summed E-state index contributed by atoms with van der Waals surface area (Å²) in [7, 11) is 0. The Morgan fingerprint density at radius 1 is 1.41 bits per heavy atom. The maximum atomic E-state index is 10.6. The Hall–Kier alpha value is -1.61. The maximum absolute atomic E-state index is 10.6. The molecule has 0 fully saturated rings. The summed E-state index contributed by atoms with van der Waals surface area (Å²) in [4.78, 5) is 10.6. The molecule has 3 heteroatoms. The first kappa shape index (κ1) is 13.5. The number of rotatable bonds is 8. The van der Waals surface area contributed by atoms with E-state index < -0.39 is 5.97 Å². The molecule has 0 bridgehead atoms. The van der Waals surface area contributed by atoms with Gasteiger partial charge >= 0.3 is 5.97 Å². The highest BCUT2D eigenvalue weighted by Gasteiger charge is 2.11. The van der Waals surface area contributed by atoms with E-state index >= 15 is 0 Å². The van der Waals surface area contributed by atoms with Gasteiger partial charge < -0.3 is 9.84 Å². The van der Waals surface area contributed by atoms with Crippen LogP contribution in [-0.4, -0.2) is 17.7 Å². The number of aliphatic carboxylic acids is 1. The van der Waals surface area contributed by atoms with Crippen LogP contribution in [-0.2, 0) is 16.1 Å². The average molecular weight is 234 g/mol. The van der Waals surface area contributed by atoms with Crippen LogP contribution in [0.4, 0.5) is 0 Å². The van der Waals surface area contributed by atoms with Gasteiger partial charge in [-0.3, -0.25) is 4.79 Å². The van der Waals surface area contributed by atoms with E-state index in [0.717, 1.165) is 5.56 Å². The van der Waals surface area contributed by atoms with Crippen molar-refractivity contribution in [2.24, 2.45) is 5.92 Å². The summed E-state index contributed by atoms with van der Waals surface area (Å²) in [6, 6.07) is 9.84. The van der Waals surface area contributed by atoms with Crippen LogP contribution in [0.1, 0.15) is 18.4 Å². The lowest BCUT2D eigenvalue weighted by Crippen LogP contribution is -2.13. The second kappa shape index (κ2) is 7.63. The van der Waals surface area contributed by atoms with Gasteiger partial charge in [0.1, 0.15) is 0 Å². The molecule has 1 aromatic carbocycles. The van der Waals surface area contributed by atoms with E-state index in [9.17, 15) is 4.79 Å². The molecule has 1 N–H and O–H groups in total. The first-order chi connectivity index (χ1) is 8.22. The maximum Gasteiger partial charge on any atom is 0.303 e. The highest BCUT2D eigenvalue weighted by Crippen LogP contribution is 2.11. The third kappa shape index (κ3) is 5.88. The van der Waals surface area contributed by atoms with Crippen molar-refractivity contribution in [1.29, 1.82) is 0 Å². The van der Waals surface area contributed by atoms with Gasteiger partial charge in [-0.2, -0.15) is 0 Å². The minimum absolute atomic E-state index is 0.00807. The van der Waals surface area contributed by atoms with Gasteiger partial charge in [0.2, 0.25) is 0 Å². The monoisotopic (exact) mass is 234 g/mol. The van der Waals surface area contributed by atoms with E-state index in [4.69, 9.17) is 9.84 Å². The van der Waals surface area contributed by atoms with Gasteiger partial charge in [-0.25, -0.2) is 0 Å². The molecule has 0 aliphatic rings. The lowest BCUT2D eigenvalue weighted by atomic mass is 10.0. The summed E-state index contributed by atoms with van der Waals surface area (Å²) in [5, 5.41) is 8.74. The van der Waals surface area contributed by atoms with E-state index in [2.05, 4.69) is 6.58 Å². The molecular weight excluding hydrogens is 216 g/mol. The van der Waals surface area contributed by atoms with Crippen molar-refractivity contribution in [2.45, 2.75) is 19.4 Å². The zero-order valence-corrected chi connectivity index (χ0v) is 9.84. The molecule has 0 saturated heterocycles. The van der Waals surface area contributed by atoms with Crippen molar-refractivity contribution < 1.29 is 14.6 Å². The first-order valence-electron chi connectivity index (χ1n) is 5.66. The summed E-state index contributed by atoms with van der Waals surface area (Å²) in [6.07, 6.45) is 2.53. The zero-order valence-electron chi connectivity index (χ0n) is 9.84. The van der Waals surface area contributed by atoms with Crippen LogP contribution in [0.5, 0.6) is 0 Å². The predicted octanol–water partition coefficient (Wildman–Crippen LogP) is 2.87. The lowest BCUT2D eigenvalue weighted by molar-refractivity contribution is -0.138. The molecule has 0 radical (unpaired) electrons. The Morgan fingerprint density at radius 2 is 2.12 bits per heavy atom. The summed E-state index contributed by atoms with van der Waals surface area (Å²) in [6.45, 7) is 4.60. The molecule has 0 heterocycles. The fraction of sp³-hybridized carbons (Fsp3) is 0.357. The van der Waals surface area contributed by atoms with E-state index in [1.54, 1.807) is 6.08 Å². The second-order valence-electron chi connectivity index (χ2n) is 3.99. The summed E-state index contributed by atoms with van der Waals surface area (Å²) in [5.74, 6) is -0.783.